The summed E-state index contributed by atoms with van der Waals surface area (Å²) in [6, 6.07) is 11.0. The molecule has 2 heterocycles. The molecule has 0 fully saturated rings. The lowest BCUT2D eigenvalue weighted by atomic mass is 10.0. The van der Waals surface area contributed by atoms with Crippen molar-refractivity contribution in [2.45, 2.75) is 0 Å². The van der Waals surface area contributed by atoms with Gasteiger partial charge in [-0.05, 0) is 12.1 Å². The van der Waals surface area contributed by atoms with Gasteiger partial charge in [0.2, 0.25) is 0 Å². The molecule has 0 saturated carbocycles. The molecule has 0 amide bonds. The fourth-order valence-corrected chi connectivity index (χ4v) is 3.42. The van der Waals surface area contributed by atoms with E-state index in [2.05, 4.69) is 18.7 Å². The number of nitrogens with zero attached hydrogens (tertiary/aromatic N) is 8. The second-order valence-electron chi connectivity index (χ2n) is 5.46. The molecule has 0 N–H and O–H groups in total. The number of aromatic nitrogens is 4. The maximum Gasteiger partial charge on any atom is 0.141 e. The first-order chi connectivity index (χ1) is 13.6. The van der Waals surface area contributed by atoms with Gasteiger partial charge in [-0.3, -0.25) is 0 Å². The first-order valence-electron chi connectivity index (χ1n) is 7.53. The molecule has 10 heteroatoms. The summed E-state index contributed by atoms with van der Waals surface area (Å²) in [5, 5.41) is 37.8. The highest BCUT2D eigenvalue weighted by atomic mass is 32.1. The van der Waals surface area contributed by atoms with Crippen molar-refractivity contribution in [1.29, 1.82) is 21.0 Å². The average Bonchev–Trinajstić information content (AvgIpc) is 3.18. The zero-order valence-electron chi connectivity index (χ0n) is 13.6. The van der Waals surface area contributed by atoms with Crippen molar-refractivity contribution in [3.63, 3.8) is 0 Å². The van der Waals surface area contributed by atoms with Crippen LogP contribution in [0.15, 0.2) is 18.2 Å². The molecule has 0 aliphatic carbocycles. The van der Waals surface area contributed by atoms with E-state index in [1.807, 2.05) is 0 Å². The Bertz CT molecular complexity index is 1590. The van der Waals surface area contributed by atoms with Crippen molar-refractivity contribution >= 4 is 56.0 Å². The van der Waals surface area contributed by atoms with Gasteiger partial charge in [0.05, 0.1) is 33.2 Å². The molecule has 4 rings (SSSR count). The van der Waals surface area contributed by atoms with Crippen molar-refractivity contribution in [3.05, 3.63) is 34.5 Å². The molecule has 0 saturated heterocycles. The van der Waals surface area contributed by atoms with E-state index >= 15 is 0 Å². The third-order valence-corrected chi connectivity index (χ3v) is 4.54. The maximum absolute atomic E-state index is 13.7. The van der Waals surface area contributed by atoms with Crippen LogP contribution in [0.1, 0.15) is 0 Å². The first kappa shape index (κ1) is 16.9. The molecule has 28 heavy (non-hydrogen) atoms. The molecular formula is C18H3FN8S. The van der Waals surface area contributed by atoms with Gasteiger partial charge in [-0.2, -0.15) is 29.8 Å². The van der Waals surface area contributed by atoms with E-state index in [9.17, 15) is 25.4 Å². The van der Waals surface area contributed by atoms with Crippen LogP contribution in [0.2, 0.25) is 0 Å². The molecule has 0 aliphatic rings. The summed E-state index contributed by atoms with van der Waals surface area (Å²) in [6.45, 7) is 0. The van der Waals surface area contributed by atoms with Crippen LogP contribution in [-0.4, -0.2) is 18.7 Å². The molecule has 2 aromatic carbocycles. The highest BCUT2D eigenvalue weighted by Crippen LogP contribution is 2.17. The largest absolute Gasteiger partial charge is 0.244 e. The van der Waals surface area contributed by atoms with E-state index in [0.29, 0.717) is 5.52 Å². The number of fused-ring (bicyclic) bond motifs is 3. The summed E-state index contributed by atoms with van der Waals surface area (Å²) in [5.74, 6) is -0.537. The van der Waals surface area contributed by atoms with Crippen LogP contribution in [0.4, 0.5) is 4.39 Å². The molecule has 4 aromatic rings. The van der Waals surface area contributed by atoms with Crippen molar-refractivity contribution in [3.8, 4) is 24.3 Å². The quantitative estimate of drug-likeness (QED) is 0.414. The summed E-state index contributed by atoms with van der Waals surface area (Å²) < 4.78 is 21.9. The molecule has 0 spiro atoms. The second-order valence-corrected chi connectivity index (χ2v) is 5.99. The first-order valence-corrected chi connectivity index (χ1v) is 8.26. The van der Waals surface area contributed by atoms with Crippen LogP contribution in [0.5, 0.6) is 0 Å². The summed E-state index contributed by atoms with van der Waals surface area (Å²) in [5.41, 5.74) is 0.449. The molecule has 8 nitrogen and oxygen atoms in total. The summed E-state index contributed by atoms with van der Waals surface area (Å²) in [6.07, 6.45) is 0. The van der Waals surface area contributed by atoms with Gasteiger partial charge in [0, 0.05) is 6.07 Å². The zero-order valence-corrected chi connectivity index (χ0v) is 14.4. The molecule has 0 unspecified atom stereocenters. The molecule has 0 radical (unpaired) electrons. The normalized spacial score (nSPS) is 10.2. The lowest BCUT2D eigenvalue weighted by Gasteiger charge is -2.04. The van der Waals surface area contributed by atoms with Crippen molar-refractivity contribution in [1.82, 2.24) is 18.7 Å². The zero-order chi connectivity index (χ0) is 19.8. The van der Waals surface area contributed by atoms with Gasteiger partial charge in [0.15, 0.2) is 0 Å². The maximum atomic E-state index is 13.7. The molecule has 0 bridgehead atoms. The Morgan fingerprint density at radius 3 is 1.75 bits per heavy atom. The third-order valence-electron chi connectivity index (χ3n) is 4.01. The Balaban J connectivity index is 2.53. The highest BCUT2D eigenvalue weighted by Gasteiger charge is 2.18. The van der Waals surface area contributed by atoms with E-state index in [-0.39, 0.29) is 49.2 Å². The Morgan fingerprint density at radius 2 is 1.25 bits per heavy atom. The predicted molar refractivity (Wildman–Crippen MR) is 96.5 cm³/mol. The fourth-order valence-electron chi connectivity index (χ4n) is 2.86. The average molecular weight is 382 g/mol. The smallest absolute Gasteiger partial charge is 0.141 e. The molecule has 128 valence electrons. The second kappa shape index (κ2) is 6.34. The van der Waals surface area contributed by atoms with Crippen LogP contribution in [-0.2, 0) is 0 Å². The number of hydrogen-bond acceptors (Lipinski definition) is 9. The number of halogens is 1. The van der Waals surface area contributed by atoms with E-state index in [4.69, 9.17) is 0 Å². The lowest BCUT2D eigenvalue weighted by Crippen LogP contribution is -2.21. The number of benzene rings is 2. The summed E-state index contributed by atoms with van der Waals surface area (Å²) in [4.78, 5) is 8.81. The van der Waals surface area contributed by atoms with E-state index in [1.165, 1.54) is 12.1 Å². The Kier molecular flexibility index (Phi) is 3.83. The van der Waals surface area contributed by atoms with E-state index < -0.39 is 5.82 Å². The third kappa shape index (κ3) is 2.31. The standard InChI is InChI=1S/C18H3FN8S/c19-10-1-2-11-12(3-10)25-16-14(9(6-22)7-23)18-17(26-28-27-18)13(15(16)24-11)8(4-20)5-21/h1-3H. The topological polar surface area (TPSA) is 147 Å². The van der Waals surface area contributed by atoms with Gasteiger partial charge in [0.1, 0.15) is 63.3 Å². The van der Waals surface area contributed by atoms with Gasteiger partial charge in [-0.25, -0.2) is 14.4 Å². The van der Waals surface area contributed by atoms with Crippen molar-refractivity contribution < 1.29 is 4.39 Å². The van der Waals surface area contributed by atoms with E-state index in [1.54, 1.807) is 24.3 Å². The summed E-state index contributed by atoms with van der Waals surface area (Å²) >= 11 is 0.795. The number of nitriles is 4. The van der Waals surface area contributed by atoms with Gasteiger partial charge in [0.25, 0.3) is 0 Å². The Morgan fingerprint density at radius 1 is 0.750 bits per heavy atom. The molecule has 0 aliphatic heterocycles. The summed E-state index contributed by atoms with van der Waals surface area (Å²) in [7, 11) is 0. The van der Waals surface area contributed by atoms with Gasteiger partial charge >= 0.3 is 0 Å². The minimum absolute atomic E-state index is 0.0643. The van der Waals surface area contributed by atoms with Crippen LogP contribution in [0.3, 0.4) is 0 Å². The monoisotopic (exact) mass is 382 g/mol. The van der Waals surface area contributed by atoms with Crippen LogP contribution in [0.25, 0.3) is 44.2 Å². The highest BCUT2D eigenvalue weighted by molar-refractivity contribution is 7.00. The van der Waals surface area contributed by atoms with Crippen LogP contribution < -0.4 is 10.4 Å². The molecular weight excluding hydrogens is 379 g/mol. The fraction of sp³-hybridized carbons (Fsp3) is 0. The molecule has 2 aromatic heterocycles. The van der Waals surface area contributed by atoms with E-state index in [0.717, 1.165) is 17.8 Å². The van der Waals surface area contributed by atoms with Crippen molar-refractivity contribution in [2.24, 2.45) is 0 Å². The van der Waals surface area contributed by atoms with Gasteiger partial charge < -0.3 is 0 Å². The van der Waals surface area contributed by atoms with Gasteiger partial charge in [-0.15, -0.1) is 0 Å². The lowest BCUT2D eigenvalue weighted by molar-refractivity contribution is 0.629. The Hall–Kier alpha value is -4.51. The number of rotatable bonds is 0. The minimum atomic E-state index is -0.537. The minimum Gasteiger partial charge on any atom is -0.244 e. The number of hydrogen-bond donors (Lipinski definition) is 0. The molecule has 0 atom stereocenters. The van der Waals surface area contributed by atoms with Crippen molar-refractivity contribution in [2.75, 3.05) is 0 Å². The van der Waals surface area contributed by atoms with Crippen LogP contribution >= 0.6 is 11.7 Å². The Labute approximate surface area is 159 Å². The van der Waals surface area contributed by atoms with Crippen LogP contribution in [0, 0.1) is 51.1 Å². The SMILES string of the molecule is N#CC(C#N)=c1c2nsnc2c(=C(C#N)C#N)c2nc3cc(F)ccc3nc12. The predicted octanol–water partition coefficient (Wildman–Crippen LogP) is 1.32. The van der Waals surface area contributed by atoms with Gasteiger partial charge in [-0.1, -0.05) is 0 Å².